The van der Waals surface area contributed by atoms with Crippen LogP contribution in [0.5, 0.6) is 0 Å². The number of benzene rings is 1. The maximum atomic E-state index is 12.6. The molecular formula is C18H16BrNO4S. The van der Waals surface area contributed by atoms with E-state index in [0.717, 1.165) is 20.3 Å². The predicted octanol–water partition coefficient (Wildman–Crippen LogP) is 5.30. The number of rotatable bonds is 4. The zero-order valence-corrected chi connectivity index (χ0v) is 16.3. The zero-order chi connectivity index (χ0) is 18.1. The van der Waals surface area contributed by atoms with Gasteiger partial charge in [0.05, 0.1) is 12.2 Å². The van der Waals surface area contributed by atoms with Gasteiger partial charge in [0.15, 0.2) is 5.76 Å². The number of fused-ring (bicyclic) bond motifs is 1. The van der Waals surface area contributed by atoms with Crippen LogP contribution in [0.4, 0.5) is 5.00 Å². The Bertz CT molecular complexity index is 973. The second-order valence-corrected chi connectivity index (χ2v) is 7.60. The molecule has 0 bridgehead atoms. The largest absolute Gasteiger partial charge is 0.462 e. The lowest BCUT2D eigenvalue weighted by atomic mass is 10.1. The Balaban J connectivity index is 1.92. The Kier molecular flexibility index (Phi) is 4.96. The van der Waals surface area contributed by atoms with E-state index in [2.05, 4.69) is 21.2 Å². The van der Waals surface area contributed by atoms with Crippen molar-refractivity contribution in [3.63, 3.8) is 0 Å². The van der Waals surface area contributed by atoms with Crippen molar-refractivity contribution in [1.82, 2.24) is 0 Å². The third-order valence-electron chi connectivity index (χ3n) is 3.79. The van der Waals surface area contributed by atoms with Gasteiger partial charge in [-0.1, -0.05) is 15.9 Å². The molecule has 130 valence electrons. The molecule has 3 aromatic rings. The molecule has 0 spiro atoms. The number of ether oxygens (including phenoxy) is 1. The summed E-state index contributed by atoms with van der Waals surface area (Å²) < 4.78 is 11.6. The van der Waals surface area contributed by atoms with E-state index in [4.69, 9.17) is 9.15 Å². The highest BCUT2D eigenvalue weighted by atomic mass is 79.9. The number of carbonyl (C=O) groups excluding carboxylic acids is 2. The first-order valence-corrected chi connectivity index (χ1v) is 9.29. The molecule has 1 N–H and O–H groups in total. The van der Waals surface area contributed by atoms with Crippen molar-refractivity contribution in [2.24, 2.45) is 0 Å². The van der Waals surface area contributed by atoms with Crippen molar-refractivity contribution < 1.29 is 18.7 Å². The molecule has 25 heavy (non-hydrogen) atoms. The summed E-state index contributed by atoms with van der Waals surface area (Å²) in [7, 11) is 0. The zero-order valence-electron chi connectivity index (χ0n) is 13.9. The van der Waals surface area contributed by atoms with Crippen molar-refractivity contribution in [3.8, 4) is 0 Å². The van der Waals surface area contributed by atoms with Crippen LogP contribution in [0.15, 0.2) is 33.2 Å². The van der Waals surface area contributed by atoms with E-state index in [9.17, 15) is 9.59 Å². The molecule has 1 amide bonds. The summed E-state index contributed by atoms with van der Waals surface area (Å²) in [4.78, 5) is 25.7. The molecule has 2 heterocycles. The lowest BCUT2D eigenvalue weighted by molar-refractivity contribution is 0.0527. The fraction of sp³-hybridized carbons (Fsp3) is 0.222. The van der Waals surface area contributed by atoms with Crippen LogP contribution in [0.1, 0.15) is 38.3 Å². The number of halogens is 1. The van der Waals surface area contributed by atoms with Gasteiger partial charge >= 0.3 is 5.97 Å². The number of furan rings is 1. The molecule has 0 aliphatic carbocycles. The van der Waals surface area contributed by atoms with Gasteiger partial charge < -0.3 is 14.5 Å². The molecule has 0 aliphatic heterocycles. The van der Waals surface area contributed by atoms with E-state index in [-0.39, 0.29) is 12.4 Å². The number of aryl methyl sites for hydroxylation is 1. The average molecular weight is 422 g/mol. The van der Waals surface area contributed by atoms with Crippen LogP contribution < -0.4 is 5.32 Å². The molecule has 0 saturated carbocycles. The van der Waals surface area contributed by atoms with Gasteiger partial charge in [-0.2, -0.15) is 0 Å². The quantitative estimate of drug-likeness (QED) is 0.580. The monoisotopic (exact) mass is 421 g/mol. The fourth-order valence-corrected chi connectivity index (χ4v) is 3.88. The van der Waals surface area contributed by atoms with Crippen LogP contribution in [0.2, 0.25) is 0 Å². The van der Waals surface area contributed by atoms with Crippen LogP contribution in [0, 0.1) is 13.8 Å². The van der Waals surface area contributed by atoms with Crippen LogP contribution in [0.3, 0.4) is 0 Å². The van der Waals surface area contributed by atoms with Crippen molar-refractivity contribution in [1.29, 1.82) is 0 Å². The van der Waals surface area contributed by atoms with Gasteiger partial charge in [-0.05, 0) is 50.6 Å². The molecule has 0 unspecified atom stereocenters. The Morgan fingerprint density at radius 1 is 1.28 bits per heavy atom. The Labute approximate surface area is 157 Å². The van der Waals surface area contributed by atoms with Crippen LogP contribution in [0.25, 0.3) is 11.0 Å². The van der Waals surface area contributed by atoms with Gasteiger partial charge in [0, 0.05) is 14.7 Å². The summed E-state index contributed by atoms with van der Waals surface area (Å²) in [5.74, 6) is -0.654. The van der Waals surface area contributed by atoms with E-state index in [1.165, 1.54) is 11.3 Å². The predicted molar refractivity (Wildman–Crippen MR) is 102 cm³/mol. The number of nitrogens with one attached hydrogen (secondary N) is 1. The standard InChI is InChI=1S/C18H16BrNO4S/c1-4-23-18(22)15-9(2)10(3)25-17(15)20-16(21)14-8-11-7-12(19)5-6-13(11)24-14/h5-8H,4H2,1-3H3,(H,20,21). The highest BCUT2D eigenvalue weighted by Crippen LogP contribution is 2.33. The summed E-state index contributed by atoms with van der Waals surface area (Å²) in [5, 5.41) is 4.07. The topological polar surface area (TPSA) is 68.5 Å². The minimum Gasteiger partial charge on any atom is -0.462 e. The second-order valence-electron chi connectivity index (χ2n) is 5.45. The highest BCUT2D eigenvalue weighted by Gasteiger charge is 2.23. The minimum atomic E-state index is -0.437. The summed E-state index contributed by atoms with van der Waals surface area (Å²) in [6.45, 7) is 5.76. The van der Waals surface area contributed by atoms with Gasteiger partial charge in [0.2, 0.25) is 0 Å². The van der Waals surface area contributed by atoms with Gasteiger partial charge in [-0.3, -0.25) is 4.79 Å². The molecule has 0 fully saturated rings. The van der Waals surface area contributed by atoms with Crippen molar-refractivity contribution in [3.05, 3.63) is 50.5 Å². The molecule has 0 atom stereocenters. The van der Waals surface area contributed by atoms with Gasteiger partial charge in [0.1, 0.15) is 10.6 Å². The highest BCUT2D eigenvalue weighted by molar-refractivity contribution is 9.10. The first-order valence-electron chi connectivity index (χ1n) is 7.68. The molecular weight excluding hydrogens is 406 g/mol. The number of carbonyl (C=O) groups is 2. The third kappa shape index (κ3) is 3.48. The van der Waals surface area contributed by atoms with E-state index < -0.39 is 11.9 Å². The first kappa shape index (κ1) is 17.7. The van der Waals surface area contributed by atoms with E-state index in [1.54, 1.807) is 19.1 Å². The number of amides is 1. The number of anilines is 1. The number of esters is 1. The Morgan fingerprint density at radius 2 is 2.04 bits per heavy atom. The first-order chi connectivity index (χ1) is 11.9. The SMILES string of the molecule is CCOC(=O)c1c(NC(=O)c2cc3cc(Br)ccc3o2)sc(C)c1C. The van der Waals surface area contributed by atoms with Crippen molar-refractivity contribution >= 4 is 55.1 Å². The number of thiophene rings is 1. The smallest absolute Gasteiger partial charge is 0.341 e. The molecule has 5 nitrogen and oxygen atoms in total. The summed E-state index contributed by atoms with van der Waals surface area (Å²) in [6.07, 6.45) is 0. The van der Waals surface area contributed by atoms with E-state index in [0.29, 0.717) is 16.1 Å². The van der Waals surface area contributed by atoms with E-state index >= 15 is 0 Å². The molecule has 2 aromatic heterocycles. The molecule has 3 rings (SSSR count). The van der Waals surface area contributed by atoms with Gasteiger partial charge in [-0.15, -0.1) is 11.3 Å². The average Bonchev–Trinajstić information content (AvgIpc) is 3.09. The Hall–Kier alpha value is -2.12. The van der Waals surface area contributed by atoms with E-state index in [1.807, 2.05) is 26.0 Å². The molecule has 0 aliphatic rings. The maximum Gasteiger partial charge on any atom is 0.341 e. The molecule has 7 heteroatoms. The van der Waals surface area contributed by atoms with Crippen LogP contribution in [-0.4, -0.2) is 18.5 Å². The Morgan fingerprint density at radius 3 is 2.76 bits per heavy atom. The molecule has 0 saturated heterocycles. The maximum absolute atomic E-state index is 12.6. The molecule has 1 aromatic carbocycles. The van der Waals surface area contributed by atoms with Gasteiger partial charge in [-0.25, -0.2) is 4.79 Å². The number of hydrogen-bond acceptors (Lipinski definition) is 5. The normalized spacial score (nSPS) is 10.9. The number of hydrogen-bond donors (Lipinski definition) is 1. The minimum absolute atomic E-state index is 0.187. The summed E-state index contributed by atoms with van der Waals surface area (Å²) in [6, 6.07) is 7.18. The summed E-state index contributed by atoms with van der Waals surface area (Å²) >= 11 is 4.74. The van der Waals surface area contributed by atoms with Crippen molar-refractivity contribution in [2.75, 3.05) is 11.9 Å². The lowest BCUT2D eigenvalue weighted by Crippen LogP contribution is -2.14. The van der Waals surface area contributed by atoms with Gasteiger partial charge in [0.25, 0.3) is 5.91 Å². The van der Waals surface area contributed by atoms with Crippen LogP contribution >= 0.6 is 27.3 Å². The lowest BCUT2D eigenvalue weighted by Gasteiger charge is -2.06. The third-order valence-corrected chi connectivity index (χ3v) is 5.41. The molecule has 0 radical (unpaired) electrons. The second kappa shape index (κ2) is 7.01. The van der Waals surface area contributed by atoms with Crippen molar-refractivity contribution in [2.45, 2.75) is 20.8 Å². The fourth-order valence-electron chi connectivity index (χ4n) is 2.45. The summed E-state index contributed by atoms with van der Waals surface area (Å²) in [5.41, 5.74) is 1.83. The van der Waals surface area contributed by atoms with Crippen LogP contribution in [-0.2, 0) is 4.74 Å².